The van der Waals surface area contributed by atoms with Crippen molar-refractivity contribution in [2.75, 3.05) is 21.2 Å². The van der Waals surface area contributed by atoms with Crippen LogP contribution >= 0.6 is 0 Å². The Morgan fingerprint density at radius 2 is 1.79 bits per heavy atom. The van der Waals surface area contributed by atoms with E-state index in [1.807, 2.05) is 18.2 Å². The van der Waals surface area contributed by atoms with Crippen LogP contribution in [0.15, 0.2) is 57.8 Å². The summed E-state index contributed by atoms with van der Waals surface area (Å²) < 4.78 is 36.0. The molecule has 3 aromatic rings. The van der Waals surface area contributed by atoms with Crippen molar-refractivity contribution in [1.82, 2.24) is 19.8 Å². The molecule has 1 amide bonds. The highest BCUT2D eigenvalue weighted by molar-refractivity contribution is 7.89. The van der Waals surface area contributed by atoms with Crippen molar-refractivity contribution >= 4 is 15.9 Å². The van der Waals surface area contributed by atoms with Gasteiger partial charge in [-0.15, -0.1) is 10.2 Å². The molecule has 0 unspecified atom stereocenters. The van der Waals surface area contributed by atoms with Crippen LogP contribution in [0.2, 0.25) is 0 Å². The minimum absolute atomic E-state index is 0.112. The fourth-order valence-electron chi connectivity index (χ4n) is 2.51. The average molecular weight is 416 g/mol. The van der Waals surface area contributed by atoms with Gasteiger partial charge >= 0.3 is 11.8 Å². The number of nitrogens with one attached hydrogen (secondary N) is 1. The van der Waals surface area contributed by atoms with Crippen LogP contribution in [-0.4, -0.2) is 50.0 Å². The van der Waals surface area contributed by atoms with Crippen LogP contribution in [0, 0.1) is 0 Å². The fraction of sp³-hybridized carbons (Fsp3) is 0.211. The lowest BCUT2D eigenvalue weighted by molar-refractivity contribution is 0.0916. The van der Waals surface area contributed by atoms with Gasteiger partial charge in [-0.1, -0.05) is 18.2 Å². The molecule has 152 valence electrons. The molecule has 0 aliphatic heterocycles. The number of methoxy groups -OCH3 is 1. The van der Waals surface area contributed by atoms with E-state index in [0.717, 1.165) is 9.87 Å². The number of sulfonamides is 1. The van der Waals surface area contributed by atoms with Crippen LogP contribution in [0.4, 0.5) is 0 Å². The summed E-state index contributed by atoms with van der Waals surface area (Å²) in [5, 5.41) is 10.3. The summed E-state index contributed by atoms with van der Waals surface area (Å²) in [5.74, 6) is 0.0503. The summed E-state index contributed by atoms with van der Waals surface area (Å²) in [4.78, 5) is 12.4. The molecular weight excluding hydrogens is 396 g/mol. The third kappa shape index (κ3) is 4.44. The van der Waals surface area contributed by atoms with Crippen molar-refractivity contribution in [1.29, 1.82) is 0 Å². The van der Waals surface area contributed by atoms with Crippen molar-refractivity contribution in [3.8, 4) is 17.2 Å². The molecule has 1 N–H and O–H groups in total. The van der Waals surface area contributed by atoms with Crippen molar-refractivity contribution in [3.05, 3.63) is 60.0 Å². The number of carbonyl (C=O) groups excluding carboxylic acids is 1. The predicted octanol–water partition coefficient (Wildman–Crippen LogP) is 1.93. The second-order valence-electron chi connectivity index (χ2n) is 6.22. The Morgan fingerprint density at radius 1 is 1.10 bits per heavy atom. The van der Waals surface area contributed by atoms with Crippen LogP contribution < -0.4 is 10.1 Å². The van der Waals surface area contributed by atoms with E-state index < -0.39 is 15.9 Å². The summed E-state index contributed by atoms with van der Waals surface area (Å²) >= 11 is 0. The number of aromatic nitrogens is 2. The van der Waals surface area contributed by atoms with Crippen LogP contribution in [-0.2, 0) is 16.6 Å². The Balaban J connectivity index is 1.71. The van der Waals surface area contributed by atoms with E-state index in [2.05, 4.69) is 15.5 Å². The number of benzene rings is 2. The first-order chi connectivity index (χ1) is 13.8. The molecule has 1 aromatic heterocycles. The van der Waals surface area contributed by atoms with Crippen LogP contribution in [0.5, 0.6) is 5.75 Å². The zero-order chi connectivity index (χ0) is 21.0. The molecule has 29 heavy (non-hydrogen) atoms. The SMILES string of the molecule is COc1ccccc1CNC(=O)c1nnc(-c2ccc(S(=O)(=O)N(C)C)cc2)o1. The molecule has 0 fully saturated rings. The predicted molar refractivity (Wildman–Crippen MR) is 105 cm³/mol. The van der Waals surface area contributed by atoms with E-state index in [1.54, 1.807) is 25.3 Å². The molecule has 0 atom stereocenters. The molecule has 0 saturated carbocycles. The normalized spacial score (nSPS) is 11.4. The Hall–Kier alpha value is -3.24. The number of nitrogens with zero attached hydrogens (tertiary/aromatic N) is 3. The molecule has 3 rings (SSSR count). The highest BCUT2D eigenvalue weighted by Gasteiger charge is 2.19. The van der Waals surface area contributed by atoms with Crippen molar-refractivity contribution in [2.45, 2.75) is 11.4 Å². The Bertz CT molecular complexity index is 1110. The van der Waals surface area contributed by atoms with Gasteiger partial charge in [0, 0.05) is 31.8 Å². The van der Waals surface area contributed by atoms with E-state index in [4.69, 9.17) is 9.15 Å². The lowest BCUT2D eigenvalue weighted by Crippen LogP contribution is -2.23. The largest absolute Gasteiger partial charge is 0.496 e. The molecule has 0 bridgehead atoms. The first-order valence-electron chi connectivity index (χ1n) is 8.59. The van der Waals surface area contributed by atoms with Gasteiger partial charge < -0.3 is 14.5 Å². The molecule has 1 heterocycles. The summed E-state index contributed by atoms with van der Waals surface area (Å²) in [6.07, 6.45) is 0. The molecule has 0 aliphatic carbocycles. The van der Waals surface area contributed by atoms with Gasteiger partial charge in [-0.05, 0) is 30.3 Å². The number of ether oxygens (including phenoxy) is 1. The number of para-hydroxylation sites is 1. The molecule has 0 saturated heterocycles. The zero-order valence-electron chi connectivity index (χ0n) is 16.1. The Kier molecular flexibility index (Phi) is 5.95. The summed E-state index contributed by atoms with van der Waals surface area (Å²) in [6.45, 7) is 0.234. The van der Waals surface area contributed by atoms with Gasteiger partial charge in [0.1, 0.15) is 5.75 Å². The second kappa shape index (κ2) is 8.41. The average Bonchev–Trinajstić information content (AvgIpc) is 3.22. The molecule has 10 heteroatoms. The number of amides is 1. The van der Waals surface area contributed by atoms with E-state index >= 15 is 0 Å². The first-order valence-corrected chi connectivity index (χ1v) is 10.0. The summed E-state index contributed by atoms with van der Waals surface area (Å²) in [7, 11) is 0.935. The minimum atomic E-state index is -3.53. The zero-order valence-corrected chi connectivity index (χ0v) is 16.9. The lowest BCUT2D eigenvalue weighted by atomic mass is 10.2. The number of carbonyl (C=O) groups is 1. The maximum atomic E-state index is 12.3. The van der Waals surface area contributed by atoms with Gasteiger partial charge in [-0.2, -0.15) is 0 Å². The fourth-order valence-corrected chi connectivity index (χ4v) is 3.41. The van der Waals surface area contributed by atoms with Gasteiger partial charge in [-0.25, -0.2) is 12.7 Å². The molecule has 9 nitrogen and oxygen atoms in total. The van der Waals surface area contributed by atoms with Crippen LogP contribution in [0.25, 0.3) is 11.5 Å². The van der Waals surface area contributed by atoms with Crippen molar-refractivity contribution < 1.29 is 22.4 Å². The topological polar surface area (TPSA) is 115 Å². The molecule has 0 aliphatic rings. The smallest absolute Gasteiger partial charge is 0.309 e. The highest BCUT2D eigenvalue weighted by Crippen LogP contribution is 2.22. The van der Waals surface area contributed by atoms with Gasteiger partial charge in [-0.3, -0.25) is 4.79 Å². The van der Waals surface area contributed by atoms with E-state index in [1.165, 1.54) is 26.2 Å². The van der Waals surface area contributed by atoms with Crippen LogP contribution in [0.3, 0.4) is 0 Å². The van der Waals surface area contributed by atoms with Crippen molar-refractivity contribution in [2.24, 2.45) is 0 Å². The highest BCUT2D eigenvalue weighted by atomic mass is 32.2. The maximum absolute atomic E-state index is 12.3. The number of rotatable bonds is 7. The van der Waals surface area contributed by atoms with Gasteiger partial charge in [0.2, 0.25) is 15.9 Å². The minimum Gasteiger partial charge on any atom is -0.496 e. The van der Waals surface area contributed by atoms with Crippen molar-refractivity contribution in [3.63, 3.8) is 0 Å². The third-order valence-corrected chi connectivity index (χ3v) is 5.96. The van der Waals surface area contributed by atoms with Crippen LogP contribution in [0.1, 0.15) is 16.2 Å². The van der Waals surface area contributed by atoms with E-state index in [0.29, 0.717) is 11.3 Å². The number of hydrogen-bond acceptors (Lipinski definition) is 7. The van der Waals surface area contributed by atoms with E-state index in [-0.39, 0.29) is 23.2 Å². The maximum Gasteiger partial charge on any atom is 0.309 e. The van der Waals surface area contributed by atoms with E-state index in [9.17, 15) is 13.2 Å². The second-order valence-corrected chi connectivity index (χ2v) is 8.37. The summed E-state index contributed by atoms with van der Waals surface area (Å²) in [5.41, 5.74) is 1.31. The van der Waals surface area contributed by atoms with Gasteiger partial charge in [0.05, 0.1) is 12.0 Å². The Morgan fingerprint density at radius 3 is 2.45 bits per heavy atom. The quantitative estimate of drug-likeness (QED) is 0.626. The number of hydrogen-bond donors (Lipinski definition) is 1. The monoisotopic (exact) mass is 416 g/mol. The van der Waals surface area contributed by atoms with Gasteiger partial charge in [0.15, 0.2) is 0 Å². The molecule has 0 radical (unpaired) electrons. The lowest BCUT2D eigenvalue weighted by Gasteiger charge is -2.11. The molecule has 0 spiro atoms. The first kappa shape index (κ1) is 20.5. The Labute approximate surface area is 168 Å². The molecule has 2 aromatic carbocycles. The third-order valence-electron chi connectivity index (χ3n) is 4.13. The van der Waals surface area contributed by atoms with Gasteiger partial charge in [0.25, 0.3) is 0 Å². The standard InChI is InChI=1S/C19H20N4O5S/c1-23(2)29(25,26)15-10-8-13(9-11-15)18-21-22-19(28-18)17(24)20-12-14-6-4-5-7-16(14)27-3/h4-11H,12H2,1-3H3,(H,20,24). The summed E-state index contributed by atoms with van der Waals surface area (Å²) in [6, 6.07) is 13.3. The molecular formula is C19H20N4O5S.